The summed E-state index contributed by atoms with van der Waals surface area (Å²) in [5.74, 6) is 4.79. The van der Waals surface area contributed by atoms with Gasteiger partial charge in [0.2, 0.25) is 0 Å². The van der Waals surface area contributed by atoms with Gasteiger partial charge in [0.15, 0.2) is 5.78 Å². The van der Waals surface area contributed by atoms with Gasteiger partial charge in [0.1, 0.15) is 5.60 Å². The van der Waals surface area contributed by atoms with E-state index in [0.29, 0.717) is 47.7 Å². The molecule has 3 heteroatoms. The van der Waals surface area contributed by atoms with Crippen LogP contribution in [0.2, 0.25) is 0 Å². The zero-order chi connectivity index (χ0) is 18.6. The minimum atomic E-state index is -0.172. The van der Waals surface area contributed by atoms with E-state index in [4.69, 9.17) is 4.74 Å². The molecular formula is C24H30O3. The van der Waals surface area contributed by atoms with Crippen molar-refractivity contribution in [3.05, 3.63) is 24.3 Å². The maximum atomic E-state index is 12.1. The molecule has 8 unspecified atom stereocenters. The summed E-state index contributed by atoms with van der Waals surface area (Å²) in [5, 5.41) is 0. The Morgan fingerprint density at radius 3 is 2.78 bits per heavy atom. The van der Waals surface area contributed by atoms with E-state index < -0.39 is 0 Å². The second-order valence-electron chi connectivity index (χ2n) is 10.5. The predicted octanol–water partition coefficient (Wildman–Crippen LogP) is 4.47. The number of allylic oxidation sites excluding steroid dienone is 2. The molecule has 9 atom stereocenters. The third-order valence-corrected chi connectivity index (χ3v) is 9.81. The Bertz CT molecular complexity index is 780. The average molecular weight is 367 g/mol. The van der Waals surface area contributed by atoms with Gasteiger partial charge in [0, 0.05) is 24.2 Å². The van der Waals surface area contributed by atoms with Crippen molar-refractivity contribution in [2.75, 3.05) is 0 Å². The fourth-order valence-electron chi connectivity index (χ4n) is 8.87. The van der Waals surface area contributed by atoms with Crippen molar-refractivity contribution in [1.82, 2.24) is 0 Å². The summed E-state index contributed by atoms with van der Waals surface area (Å²) < 4.78 is 6.18. The third-order valence-electron chi connectivity index (χ3n) is 9.81. The van der Waals surface area contributed by atoms with Gasteiger partial charge in [-0.2, -0.15) is 0 Å². The Labute approximate surface area is 161 Å². The minimum Gasteiger partial charge on any atom is -0.458 e. The second-order valence-corrected chi connectivity index (χ2v) is 10.5. The van der Waals surface area contributed by atoms with E-state index in [2.05, 4.69) is 19.6 Å². The second kappa shape index (κ2) is 5.15. The molecule has 5 aliphatic carbocycles. The summed E-state index contributed by atoms with van der Waals surface area (Å²) in [4.78, 5) is 24.1. The summed E-state index contributed by atoms with van der Waals surface area (Å²) in [5.41, 5.74) is 1.38. The van der Waals surface area contributed by atoms with Crippen LogP contribution in [0.25, 0.3) is 0 Å². The van der Waals surface area contributed by atoms with Crippen LogP contribution in [0.4, 0.5) is 0 Å². The maximum Gasteiger partial charge on any atom is 0.306 e. The summed E-state index contributed by atoms with van der Waals surface area (Å²) in [6, 6.07) is 0. The van der Waals surface area contributed by atoms with Crippen LogP contribution in [0.1, 0.15) is 58.3 Å². The fraction of sp³-hybridized carbons (Fsp3) is 0.750. The van der Waals surface area contributed by atoms with Gasteiger partial charge < -0.3 is 4.74 Å². The molecule has 0 bridgehead atoms. The molecule has 4 saturated carbocycles. The van der Waals surface area contributed by atoms with Crippen molar-refractivity contribution in [2.45, 2.75) is 63.9 Å². The molecule has 1 saturated heterocycles. The van der Waals surface area contributed by atoms with Crippen molar-refractivity contribution in [3.63, 3.8) is 0 Å². The van der Waals surface area contributed by atoms with Crippen LogP contribution in [-0.2, 0) is 14.3 Å². The van der Waals surface area contributed by atoms with Crippen LogP contribution in [0.3, 0.4) is 0 Å². The quantitative estimate of drug-likeness (QED) is 0.508. The van der Waals surface area contributed by atoms with Crippen molar-refractivity contribution >= 4 is 11.8 Å². The third kappa shape index (κ3) is 1.89. The van der Waals surface area contributed by atoms with E-state index >= 15 is 0 Å². The first kappa shape index (κ1) is 16.6. The molecule has 1 heterocycles. The Morgan fingerprint density at radius 2 is 2.04 bits per heavy atom. The molecule has 5 fully saturated rings. The van der Waals surface area contributed by atoms with Gasteiger partial charge >= 0.3 is 5.97 Å². The van der Waals surface area contributed by atoms with Gasteiger partial charge in [-0.25, -0.2) is 0 Å². The van der Waals surface area contributed by atoms with E-state index in [1.807, 2.05) is 6.08 Å². The Kier molecular flexibility index (Phi) is 3.16. The highest BCUT2D eigenvalue weighted by Crippen LogP contribution is 2.78. The molecule has 6 aliphatic rings. The van der Waals surface area contributed by atoms with Crippen LogP contribution < -0.4 is 0 Å². The summed E-state index contributed by atoms with van der Waals surface area (Å²) in [7, 11) is 0. The molecule has 0 aromatic rings. The highest BCUT2D eigenvalue weighted by atomic mass is 16.6. The zero-order valence-electron chi connectivity index (χ0n) is 16.3. The van der Waals surface area contributed by atoms with E-state index in [-0.39, 0.29) is 17.0 Å². The molecule has 144 valence electrons. The molecule has 6 rings (SSSR count). The summed E-state index contributed by atoms with van der Waals surface area (Å²) in [6.07, 6.45) is 12.2. The number of carbonyl (C=O) groups is 2. The van der Waals surface area contributed by atoms with Crippen LogP contribution >= 0.6 is 0 Å². The fourth-order valence-corrected chi connectivity index (χ4v) is 8.87. The number of carbonyl (C=O) groups excluding carboxylic acids is 2. The topological polar surface area (TPSA) is 43.4 Å². The molecule has 0 amide bonds. The molecular weight excluding hydrogens is 336 g/mol. The standard InChI is InChI=1S/C24H30O3/c1-3-13-10-14-11-15(25)4-5-16(14)17-6-8-23(2)22(21(13)17)18-12-19(18)24(23)9-7-20(26)27-24/h3,11,13,16-19,21-22H,1,4-10,12H2,2H3/t13?,16?,17?,18?,19?,21?,22?,23-,24?/m0/s1. The number of hydrogen-bond acceptors (Lipinski definition) is 3. The van der Waals surface area contributed by atoms with Crippen LogP contribution in [0, 0.1) is 46.8 Å². The van der Waals surface area contributed by atoms with Crippen molar-refractivity contribution < 1.29 is 14.3 Å². The largest absolute Gasteiger partial charge is 0.458 e. The SMILES string of the molecule is C=CC1CC2=CC(=O)CCC2C2CC[C@@]3(C)C(C4CC4C34CCC(=O)O4)C12. The molecule has 1 spiro atoms. The van der Waals surface area contributed by atoms with E-state index in [1.165, 1.54) is 24.8 Å². The first-order chi connectivity index (χ1) is 13.0. The lowest BCUT2D eigenvalue weighted by Crippen LogP contribution is -2.56. The van der Waals surface area contributed by atoms with Gasteiger partial charge in [-0.05, 0) is 80.1 Å². The van der Waals surface area contributed by atoms with Gasteiger partial charge in [0.25, 0.3) is 0 Å². The first-order valence-electron chi connectivity index (χ1n) is 11.1. The van der Waals surface area contributed by atoms with Crippen LogP contribution in [0.15, 0.2) is 24.3 Å². The Balaban J connectivity index is 1.42. The molecule has 3 nitrogen and oxygen atoms in total. The van der Waals surface area contributed by atoms with Crippen molar-refractivity contribution in [3.8, 4) is 0 Å². The monoisotopic (exact) mass is 366 g/mol. The van der Waals surface area contributed by atoms with E-state index in [9.17, 15) is 9.59 Å². The average Bonchev–Trinajstić information content (AvgIpc) is 3.29. The number of rotatable bonds is 1. The smallest absolute Gasteiger partial charge is 0.306 e. The number of esters is 1. The van der Waals surface area contributed by atoms with E-state index in [0.717, 1.165) is 31.6 Å². The first-order valence-corrected chi connectivity index (χ1v) is 11.1. The normalized spacial score (nSPS) is 55.1. The number of hydrogen-bond donors (Lipinski definition) is 0. The van der Waals surface area contributed by atoms with E-state index in [1.54, 1.807) is 0 Å². The highest BCUT2D eigenvalue weighted by molar-refractivity contribution is 5.91. The molecule has 1 aliphatic heterocycles. The van der Waals surface area contributed by atoms with Crippen molar-refractivity contribution in [1.29, 1.82) is 0 Å². The number of fused-ring (bicyclic) bond motifs is 9. The molecule has 0 aromatic carbocycles. The lowest BCUT2D eigenvalue weighted by atomic mass is 9.46. The van der Waals surface area contributed by atoms with Crippen LogP contribution in [-0.4, -0.2) is 17.4 Å². The Morgan fingerprint density at radius 1 is 1.19 bits per heavy atom. The lowest BCUT2D eigenvalue weighted by molar-refractivity contribution is -0.175. The van der Waals surface area contributed by atoms with Crippen LogP contribution in [0.5, 0.6) is 0 Å². The summed E-state index contributed by atoms with van der Waals surface area (Å²) >= 11 is 0. The van der Waals surface area contributed by atoms with Gasteiger partial charge in [-0.3, -0.25) is 9.59 Å². The Hall–Kier alpha value is -1.38. The zero-order valence-corrected chi connectivity index (χ0v) is 16.3. The predicted molar refractivity (Wildman–Crippen MR) is 102 cm³/mol. The molecule has 0 radical (unpaired) electrons. The minimum absolute atomic E-state index is 0.0320. The summed E-state index contributed by atoms with van der Waals surface area (Å²) in [6.45, 7) is 6.66. The lowest BCUT2D eigenvalue weighted by Gasteiger charge is -2.59. The van der Waals surface area contributed by atoms with Gasteiger partial charge in [-0.15, -0.1) is 6.58 Å². The van der Waals surface area contributed by atoms with Crippen molar-refractivity contribution in [2.24, 2.45) is 46.8 Å². The highest BCUT2D eigenvalue weighted by Gasteiger charge is 2.79. The van der Waals surface area contributed by atoms with Gasteiger partial charge in [-0.1, -0.05) is 18.6 Å². The molecule has 27 heavy (non-hydrogen) atoms. The molecule has 0 aromatic heterocycles. The number of ether oxygens (including phenoxy) is 1. The maximum absolute atomic E-state index is 12.1. The van der Waals surface area contributed by atoms with Gasteiger partial charge in [0.05, 0.1) is 0 Å². The molecule has 0 N–H and O–H groups in total. The number of ketones is 1.